The minimum atomic E-state index is -2.76. The molecule has 20 heavy (non-hydrogen) atoms. The van der Waals surface area contributed by atoms with Crippen molar-refractivity contribution in [1.29, 1.82) is 0 Å². The number of aromatic nitrogens is 1. The molecule has 106 valence electrons. The van der Waals surface area contributed by atoms with Gasteiger partial charge in [-0.1, -0.05) is 0 Å². The number of pyridine rings is 1. The molecule has 0 bridgehead atoms. The van der Waals surface area contributed by atoms with Gasteiger partial charge < -0.3 is 9.84 Å². The molecule has 0 amide bonds. The van der Waals surface area contributed by atoms with E-state index in [-0.39, 0.29) is 18.9 Å². The number of alkyl halides is 2. The van der Waals surface area contributed by atoms with Crippen molar-refractivity contribution in [3.05, 3.63) is 30.1 Å². The van der Waals surface area contributed by atoms with Crippen LogP contribution in [-0.2, 0) is 4.74 Å². The number of aliphatic hydroxyl groups is 1. The molecule has 0 aromatic carbocycles. The highest BCUT2D eigenvalue weighted by Gasteiger charge is 2.47. The third-order valence-electron chi connectivity index (χ3n) is 3.51. The molecule has 0 aliphatic carbocycles. The Morgan fingerprint density at radius 1 is 1.40 bits per heavy atom. The number of rotatable bonds is 2. The fourth-order valence-electron chi connectivity index (χ4n) is 2.45. The summed E-state index contributed by atoms with van der Waals surface area (Å²) in [5.41, 5.74) is 0.792. The molecule has 0 unspecified atom stereocenters. The molecule has 1 saturated heterocycles. The van der Waals surface area contributed by atoms with Crippen molar-refractivity contribution in [2.45, 2.75) is 24.5 Å². The Hall–Kier alpha value is -2.05. The standard InChI is InChI=1S/C13H13F2N3O2/c14-13(15)3-6-18(7-13)12(19)10-11(20-8-17-10)9-1-4-16-5-2-9/h1-2,4-5,8,10-11H,3,6-7H2/p+1/t10-,11+/m0/s1. The Morgan fingerprint density at radius 3 is 2.80 bits per heavy atom. The van der Waals surface area contributed by atoms with E-state index >= 15 is 0 Å². The van der Waals surface area contributed by atoms with Crippen molar-refractivity contribution in [2.24, 2.45) is 4.99 Å². The van der Waals surface area contributed by atoms with Crippen LogP contribution in [0.1, 0.15) is 18.1 Å². The van der Waals surface area contributed by atoms with Crippen molar-refractivity contribution in [3.63, 3.8) is 0 Å². The first-order chi connectivity index (χ1) is 9.57. The number of nitrogens with zero attached hydrogens (tertiary/aromatic N) is 3. The molecule has 2 aliphatic heterocycles. The smallest absolute Gasteiger partial charge is 0.364 e. The van der Waals surface area contributed by atoms with Crippen LogP contribution < -0.4 is 0 Å². The van der Waals surface area contributed by atoms with E-state index in [4.69, 9.17) is 4.74 Å². The summed E-state index contributed by atoms with van der Waals surface area (Å²) < 4.78 is 33.1. The highest BCUT2D eigenvalue weighted by Crippen LogP contribution is 2.29. The molecule has 2 atom stereocenters. The Kier molecular flexibility index (Phi) is 3.11. The third kappa shape index (κ3) is 2.35. The van der Waals surface area contributed by atoms with Crippen LogP contribution in [0.2, 0.25) is 0 Å². The predicted octanol–water partition coefficient (Wildman–Crippen LogP) is 1.56. The number of halogens is 2. The van der Waals surface area contributed by atoms with Crippen LogP contribution in [0.3, 0.4) is 0 Å². The quantitative estimate of drug-likeness (QED) is 0.661. The molecular weight excluding hydrogens is 268 g/mol. The number of hydrogen-bond acceptors (Lipinski definition) is 3. The van der Waals surface area contributed by atoms with Gasteiger partial charge >= 0.3 is 11.8 Å². The van der Waals surface area contributed by atoms with Crippen LogP contribution in [0, 0.1) is 0 Å². The lowest BCUT2D eigenvalue weighted by molar-refractivity contribution is -0.525. The summed E-state index contributed by atoms with van der Waals surface area (Å²) in [5.74, 6) is -2.93. The highest BCUT2D eigenvalue weighted by atomic mass is 19.3. The van der Waals surface area contributed by atoms with Crippen molar-refractivity contribution in [1.82, 2.24) is 4.98 Å². The molecule has 7 heteroatoms. The van der Waals surface area contributed by atoms with E-state index in [1.54, 1.807) is 24.5 Å². The van der Waals surface area contributed by atoms with Gasteiger partial charge in [0.2, 0.25) is 12.6 Å². The highest BCUT2D eigenvalue weighted by molar-refractivity contribution is 5.79. The maximum Gasteiger partial charge on any atom is 0.364 e. The van der Waals surface area contributed by atoms with Crippen LogP contribution >= 0.6 is 0 Å². The second-order valence-electron chi connectivity index (χ2n) is 4.92. The topological polar surface area (TPSA) is 57.7 Å². The van der Waals surface area contributed by atoms with Crippen LogP contribution in [0.25, 0.3) is 0 Å². The molecule has 0 radical (unpaired) electrons. The summed E-state index contributed by atoms with van der Waals surface area (Å²) >= 11 is 0. The van der Waals surface area contributed by atoms with Crippen molar-refractivity contribution >= 4 is 12.3 Å². The van der Waals surface area contributed by atoms with Gasteiger partial charge in [0, 0.05) is 12.4 Å². The monoisotopic (exact) mass is 282 g/mol. The number of aliphatic imine (C=N–C) groups is 1. The Labute approximate surface area is 114 Å². The van der Waals surface area contributed by atoms with Gasteiger partial charge in [0.05, 0.1) is 6.42 Å². The molecule has 0 saturated carbocycles. The summed E-state index contributed by atoms with van der Waals surface area (Å²) in [7, 11) is 0. The van der Waals surface area contributed by atoms with E-state index in [0.29, 0.717) is 0 Å². The van der Waals surface area contributed by atoms with Crippen LogP contribution in [0.4, 0.5) is 8.78 Å². The third-order valence-corrected chi connectivity index (χ3v) is 3.51. The SMILES string of the molecule is OC([C@H]1N=CO[C@@H]1c1ccncc1)=[N+]1CCC(F)(F)C1. The van der Waals surface area contributed by atoms with Crippen molar-refractivity contribution in [2.75, 3.05) is 13.1 Å². The first-order valence-electron chi connectivity index (χ1n) is 6.32. The van der Waals surface area contributed by atoms with E-state index in [9.17, 15) is 13.9 Å². The largest absolute Gasteiger partial charge is 0.473 e. The lowest BCUT2D eigenvalue weighted by Crippen LogP contribution is -2.33. The van der Waals surface area contributed by atoms with Crippen LogP contribution in [0.5, 0.6) is 0 Å². The first-order valence-corrected chi connectivity index (χ1v) is 6.32. The number of hydrogen-bond donors (Lipinski definition) is 1. The van der Waals surface area contributed by atoms with Crippen LogP contribution in [0.15, 0.2) is 29.5 Å². The Morgan fingerprint density at radius 2 is 2.15 bits per heavy atom. The lowest BCUT2D eigenvalue weighted by atomic mass is 10.0. The van der Waals surface area contributed by atoms with Gasteiger partial charge in [-0.05, 0) is 17.7 Å². The summed E-state index contributed by atoms with van der Waals surface area (Å²) in [6.45, 7) is -0.359. The lowest BCUT2D eigenvalue weighted by Gasteiger charge is -2.14. The van der Waals surface area contributed by atoms with Gasteiger partial charge in [0.25, 0.3) is 0 Å². The van der Waals surface area contributed by atoms with E-state index in [0.717, 1.165) is 5.56 Å². The van der Waals surface area contributed by atoms with Crippen molar-refractivity contribution in [3.8, 4) is 0 Å². The zero-order valence-corrected chi connectivity index (χ0v) is 10.6. The minimum absolute atomic E-state index is 0.119. The van der Waals surface area contributed by atoms with Gasteiger partial charge in [0.15, 0.2) is 19.0 Å². The second kappa shape index (κ2) is 4.81. The van der Waals surface area contributed by atoms with Crippen LogP contribution in [-0.4, -0.2) is 52.0 Å². The fourth-order valence-corrected chi connectivity index (χ4v) is 2.45. The number of ether oxygens (including phenoxy) is 1. The molecular formula is C13H14F2N3O2+. The molecule has 1 aromatic heterocycles. The summed E-state index contributed by atoms with van der Waals surface area (Å²) in [4.78, 5) is 7.95. The summed E-state index contributed by atoms with van der Waals surface area (Å²) in [6, 6.07) is 2.81. The zero-order chi connectivity index (χ0) is 14.2. The van der Waals surface area contributed by atoms with E-state index in [1.807, 2.05) is 0 Å². The normalized spacial score (nSPS) is 30.3. The molecule has 2 aliphatic rings. The van der Waals surface area contributed by atoms with Crippen molar-refractivity contribution < 1.29 is 23.2 Å². The molecule has 1 aromatic rings. The zero-order valence-electron chi connectivity index (χ0n) is 10.6. The molecule has 0 spiro atoms. The molecule has 1 fully saturated rings. The van der Waals surface area contributed by atoms with E-state index in [1.165, 1.54) is 11.0 Å². The second-order valence-corrected chi connectivity index (χ2v) is 4.92. The first kappa shape index (κ1) is 13.0. The summed E-state index contributed by atoms with van der Waals surface area (Å²) in [5, 5.41) is 10.2. The fraction of sp³-hybridized carbons (Fsp3) is 0.462. The maximum atomic E-state index is 13.2. The predicted molar refractivity (Wildman–Crippen MR) is 67.5 cm³/mol. The minimum Gasteiger partial charge on any atom is -0.473 e. The average molecular weight is 282 g/mol. The van der Waals surface area contributed by atoms with E-state index in [2.05, 4.69) is 9.98 Å². The van der Waals surface area contributed by atoms with E-state index < -0.39 is 24.6 Å². The van der Waals surface area contributed by atoms with Gasteiger partial charge in [-0.3, -0.25) is 4.98 Å². The Balaban J connectivity index is 1.86. The van der Waals surface area contributed by atoms with Gasteiger partial charge in [0.1, 0.15) is 0 Å². The molecule has 5 nitrogen and oxygen atoms in total. The Bertz CT molecular complexity index is 560. The maximum absolute atomic E-state index is 13.2. The molecule has 3 rings (SSSR count). The van der Waals surface area contributed by atoms with Gasteiger partial charge in [-0.25, -0.2) is 4.99 Å². The number of aliphatic hydroxyl groups excluding tert-OH is 1. The summed E-state index contributed by atoms with van der Waals surface area (Å²) in [6.07, 6.45) is 3.70. The van der Waals surface area contributed by atoms with Gasteiger partial charge in [-0.2, -0.15) is 13.4 Å². The molecule has 3 heterocycles. The average Bonchev–Trinajstić information content (AvgIpc) is 3.05. The molecule has 1 N–H and O–H groups in total. The van der Waals surface area contributed by atoms with Gasteiger partial charge in [-0.15, -0.1) is 0 Å².